The highest BCUT2D eigenvalue weighted by molar-refractivity contribution is 4.96. The molecule has 0 aromatic heterocycles. The van der Waals surface area contributed by atoms with E-state index in [4.69, 9.17) is 4.84 Å². The molecular formula is C15H31NO2. The fourth-order valence-corrected chi connectivity index (χ4v) is 3.30. The zero-order chi connectivity index (χ0) is 14.0. The maximum Gasteiger partial charge on any atom is 0.0791 e. The van der Waals surface area contributed by atoms with Crippen LogP contribution in [0.5, 0.6) is 0 Å². The fourth-order valence-electron chi connectivity index (χ4n) is 3.30. The third-order valence-corrected chi connectivity index (χ3v) is 3.89. The summed E-state index contributed by atoms with van der Waals surface area (Å²) in [6.07, 6.45) is 4.92. The molecule has 0 aliphatic carbocycles. The van der Waals surface area contributed by atoms with Crippen molar-refractivity contribution in [1.82, 2.24) is 5.06 Å². The molecule has 0 radical (unpaired) electrons. The largest absolute Gasteiger partial charge is 0.393 e. The van der Waals surface area contributed by atoms with Crippen LogP contribution < -0.4 is 0 Å². The van der Waals surface area contributed by atoms with Crippen LogP contribution >= 0.6 is 0 Å². The van der Waals surface area contributed by atoms with Crippen molar-refractivity contribution in [1.29, 1.82) is 0 Å². The minimum Gasteiger partial charge on any atom is -0.393 e. The van der Waals surface area contributed by atoms with E-state index in [1.165, 1.54) is 0 Å². The van der Waals surface area contributed by atoms with Crippen molar-refractivity contribution in [2.75, 3.05) is 0 Å². The molecule has 1 saturated heterocycles. The number of hydrogen-bond donors (Lipinski definition) is 1. The minimum absolute atomic E-state index is 0.109. The van der Waals surface area contributed by atoms with Gasteiger partial charge in [0.05, 0.1) is 12.2 Å². The summed E-state index contributed by atoms with van der Waals surface area (Å²) in [6.45, 7) is 13.0. The van der Waals surface area contributed by atoms with Gasteiger partial charge < -0.3 is 5.11 Å². The standard InChI is InChI=1S/C15H31NO2/c1-7-9-13(8-2)18-16-14(3,4)10-12(17)11-15(16,5)6/h12-13,17H,7-11H2,1-6H3. The molecule has 1 unspecified atom stereocenters. The Morgan fingerprint density at radius 3 is 2.06 bits per heavy atom. The molecule has 0 spiro atoms. The highest BCUT2D eigenvalue weighted by Gasteiger charge is 2.46. The second-order valence-corrected chi connectivity index (χ2v) is 6.91. The van der Waals surface area contributed by atoms with E-state index in [9.17, 15) is 5.11 Å². The Balaban J connectivity index is 2.81. The number of aliphatic hydroxyl groups is 1. The van der Waals surface area contributed by atoms with Crippen LogP contribution in [0, 0.1) is 0 Å². The van der Waals surface area contributed by atoms with E-state index in [0.717, 1.165) is 32.1 Å². The van der Waals surface area contributed by atoms with Crippen LogP contribution in [-0.2, 0) is 4.84 Å². The van der Waals surface area contributed by atoms with Gasteiger partial charge in [-0.1, -0.05) is 20.3 Å². The molecular weight excluding hydrogens is 226 g/mol. The van der Waals surface area contributed by atoms with E-state index >= 15 is 0 Å². The molecule has 1 atom stereocenters. The Hall–Kier alpha value is -0.120. The van der Waals surface area contributed by atoms with Crippen molar-refractivity contribution >= 4 is 0 Å². The van der Waals surface area contributed by atoms with Crippen molar-refractivity contribution in [3.63, 3.8) is 0 Å². The van der Waals surface area contributed by atoms with Gasteiger partial charge >= 0.3 is 0 Å². The van der Waals surface area contributed by atoms with Crippen molar-refractivity contribution in [2.45, 2.75) is 96.9 Å². The summed E-state index contributed by atoms with van der Waals surface area (Å²) in [6, 6.07) is 0. The lowest BCUT2D eigenvalue weighted by Gasteiger charge is -2.53. The molecule has 1 N–H and O–H groups in total. The molecule has 108 valence electrons. The fraction of sp³-hybridized carbons (Fsp3) is 1.00. The molecule has 0 amide bonds. The number of rotatable bonds is 5. The predicted octanol–water partition coefficient (Wildman–Crippen LogP) is 3.51. The van der Waals surface area contributed by atoms with Crippen molar-refractivity contribution in [3.05, 3.63) is 0 Å². The van der Waals surface area contributed by atoms with E-state index in [2.05, 4.69) is 46.6 Å². The quantitative estimate of drug-likeness (QED) is 0.818. The maximum absolute atomic E-state index is 10.0. The molecule has 3 heteroatoms. The summed E-state index contributed by atoms with van der Waals surface area (Å²) in [4.78, 5) is 6.28. The van der Waals surface area contributed by atoms with E-state index in [1.54, 1.807) is 0 Å². The highest BCUT2D eigenvalue weighted by atomic mass is 16.7. The first-order valence-corrected chi connectivity index (χ1v) is 7.38. The normalized spacial score (nSPS) is 26.2. The molecule has 1 aliphatic rings. The third-order valence-electron chi connectivity index (χ3n) is 3.89. The smallest absolute Gasteiger partial charge is 0.0791 e. The predicted molar refractivity (Wildman–Crippen MR) is 75.3 cm³/mol. The summed E-state index contributed by atoms with van der Waals surface area (Å²) >= 11 is 0. The molecule has 0 bridgehead atoms. The van der Waals surface area contributed by atoms with Crippen LogP contribution in [0.3, 0.4) is 0 Å². The zero-order valence-corrected chi connectivity index (χ0v) is 13.0. The Bertz CT molecular complexity index is 245. The van der Waals surface area contributed by atoms with Gasteiger partial charge in [-0.05, 0) is 53.4 Å². The third kappa shape index (κ3) is 3.69. The van der Waals surface area contributed by atoms with E-state index in [0.29, 0.717) is 6.10 Å². The molecule has 1 aliphatic heterocycles. The van der Waals surface area contributed by atoms with Crippen molar-refractivity contribution in [2.24, 2.45) is 0 Å². The number of piperidine rings is 1. The van der Waals surface area contributed by atoms with Gasteiger partial charge in [0.15, 0.2) is 0 Å². The second kappa shape index (κ2) is 5.89. The molecule has 0 saturated carbocycles. The number of hydrogen-bond acceptors (Lipinski definition) is 3. The minimum atomic E-state index is -0.221. The van der Waals surface area contributed by atoms with Gasteiger partial charge in [0.1, 0.15) is 0 Å². The number of aliphatic hydroxyl groups excluding tert-OH is 1. The van der Waals surface area contributed by atoms with Gasteiger partial charge in [0.25, 0.3) is 0 Å². The van der Waals surface area contributed by atoms with Gasteiger partial charge in [-0.15, -0.1) is 0 Å². The number of hydroxylamine groups is 2. The van der Waals surface area contributed by atoms with Crippen LogP contribution in [0.4, 0.5) is 0 Å². The first-order chi connectivity index (χ1) is 8.23. The van der Waals surface area contributed by atoms with Gasteiger partial charge in [0.2, 0.25) is 0 Å². The monoisotopic (exact) mass is 257 g/mol. The van der Waals surface area contributed by atoms with Crippen molar-refractivity contribution in [3.8, 4) is 0 Å². The molecule has 3 nitrogen and oxygen atoms in total. The summed E-state index contributed by atoms with van der Waals surface area (Å²) in [5.41, 5.74) is -0.218. The molecule has 1 fully saturated rings. The average Bonchev–Trinajstić information content (AvgIpc) is 2.19. The van der Waals surface area contributed by atoms with Gasteiger partial charge in [-0.3, -0.25) is 4.84 Å². The van der Waals surface area contributed by atoms with Crippen LogP contribution in [0.2, 0.25) is 0 Å². The van der Waals surface area contributed by atoms with Gasteiger partial charge in [0, 0.05) is 11.1 Å². The first-order valence-electron chi connectivity index (χ1n) is 7.38. The Morgan fingerprint density at radius 2 is 1.67 bits per heavy atom. The van der Waals surface area contributed by atoms with Crippen molar-refractivity contribution < 1.29 is 9.94 Å². The maximum atomic E-state index is 10.0. The zero-order valence-electron chi connectivity index (χ0n) is 13.0. The van der Waals surface area contributed by atoms with Crippen LogP contribution in [0.15, 0.2) is 0 Å². The van der Waals surface area contributed by atoms with Gasteiger partial charge in [-0.25, -0.2) is 0 Å². The first kappa shape index (κ1) is 15.9. The van der Waals surface area contributed by atoms with Crippen LogP contribution in [-0.4, -0.2) is 33.5 Å². The SMILES string of the molecule is CCCC(CC)ON1C(C)(C)CC(O)CC1(C)C. The lowest BCUT2D eigenvalue weighted by molar-refractivity contribution is -0.315. The Kier molecular flexibility index (Phi) is 5.22. The molecule has 1 rings (SSSR count). The number of nitrogens with zero attached hydrogens (tertiary/aromatic N) is 1. The highest BCUT2D eigenvalue weighted by Crippen LogP contribution is 2.39. The van der Waals surface area contributed by atoms with Crippen LogP contribution in [0.1, 0.15) is 73.6 Å². The summed E-state index contributed by atoms with van der Waals surface area (Å²) < 4.78 is 0. The van der Waals surface area contributed by atoms with Gasteiger partial charge in [-0.2, -0.15) is 5.06 Å². The topological polar surface area (TPSA) is 32.7 Å². The Labute approximate surface area is 112 Å². The summed E-state index contributed by atoms with van der Waals surface area (Å²) in [5, 5.41) is 12.2. The van der Waals surface area contributed by atoms with E-state index in [-0.39, 0.29) is 17.2 Å². The second-order valence-electron chi connectivity index (χ2n) is 6.91. The van der Waals surface area contributed by atoms with E-state index in [1.807, 2.05) is 0 Å². The lowest BCUT2D eigenvalue weighted by atomic mass is 9.80. The van der Waals surface area contributed by atoms with Crippen LogP contribution in [0.25, 0.3) is 0 Å². The molecule has 0 aromatic rings. The summed E-state index contributed by atoms with van der Waals surface area (Å²) in [5.74, 6) is 0. The molecule has 18 heavy (non-hydrogen) atoms. The Morgan fingerprint density at radius 1 is 1.17 bits per heavy atom. The summed E-state index contributed by atoms with van der Waals surface area (Å²) in [7, 11) is 0. The average molecular weight is 257 g/mol. The van der Waals surface area contributed by atoms with E-state index < -0.39 is 0 Å². The lowest BCUT2D eigenvalue weighted by Crippen LogP contribution is -2.62. The molecule has 0 aromatic carbocycles. The molecule has 1 heterocycles.